The third-order valence-corrected chi connectivity index (χ3v) is 3.16. The molecular formula is C17H29N. The fourth-order valence-corrected chi connectivity index (χ4v) is 2.42. The van der Waals surface area contributed by atoms with E-state index in [1.807, 2.05) is 0 Å². The fraction of sp³-hybridized carbons (Fsp3) is 0.647. The first-order valence-corrected chi connectivity index (χ1v) is 7.28. The first kappa shape index (κ1) is 15.2. The van der Waals surface area contributed by atoms with Gasteiger partial charge in [0.15, 0.2) is 0 Å². The Labute approximate surface area is 113 Å². The average Bonchev–Trinajstić information content (AvgIpc) is 2.28. The Hall–Kier alpha value is -0.820. The minimum Gasteiger partial charge on any atom is -0.310 e. The van der Waals surface area contributed by atoms with Crippen molar-refractivity contribution in [2.45, 2.75) is 59.9 Å². The van der Waals surface area contributed by atoms with Crippen LogP contribution in [-0.2, 0) is 6.42 Å². The second kappa shape index (κ2) is 6.94. The molecule has 1 heteroatoms. The number of nitrogens with one attached hydrogen (secondary N) is 1. The van der Waals surface area contributed by atoms with E-state index in [4.69, 9.17) is 0 Å². The molecule has 0 fully saturated rings. The van der Waals surface area contributed by atoms with Crippen LogP contribution in [0.4, 0.5) is 0 Å². The number of rotatable bonds is 6. The number of hydrogen-bond donors (Lipinski definition) is 1. The van der Waals surface area contributed by atoms with Crippen LogP contribution >= 0.6 is 0 Å². The van der Waals surface area contributed by atoms with Crippen molar-refractivity contribution in [3.8, 4) is 0 Å². The maximum Gasteiger partial charge on any atom is 0.0325 e. The summed E-state index contributed by atoms with van der Waals surface area (Å²) in [6, 6.07) is 9.56. The SMILES string of the molecule is CCCc1cccc(C(CC(C)(C)C)NCC)c1. The normalized spacial score (nSPS) is 13.6. The summed E-state index contributed by atoms with van der Waals surface area (Å²) in [5.41, 5.74) is 3.26. The van der Waals surface area contributed by atoms with Gasteiger partial charge in [-0.2, -0.15) is 0 Å². The van der Waals surface area contributed by atoms with E-state index in [1.54, 1.807) is 0 Å². The van der Waals surface area contributed by atoms with Gasteiger partial charge in [-0.1, -0.05) is 65.3 Å². The van der Waals surface area contributed by atoms with Gasteiger partial charge in [0, 0.05) is 6.04 Å². The lowest BCUT2D eigenvalue weighted by Crippen LogP contribution is -2.25. The first-order valence-electron chi connectivity index (χ1n) is 7.28. The highest BCUT2D eigenvalue weighted by Gasteiger charge is 2.19. The predicted molar refractivity (Wildman–Crippen MR) is 80.9 cm³/mol. The monoisotopic (exact) mass is 247 g/mol. The molecule has 1 aromatic carbocycles. The molecule has 1 unspecified atom stereocenters. The average molecular weight is 247 g/mol. The van der Waals surface area contributed by atoms with Crippen LogP contribution in [0.25, 0.3) is 0 Å². The van der Waals surface area contributed by atoms with Crippen molar-refractivity contribution >= 4 is 0 Å². The lowest BCUT2D eigenvalue weighted by Gasteiger charge is -2.27. The largest absolute Gasteiger partial charge is 0.310 e. The van der Waals surface area contributed by atoms with Crippen LogP contribution in [0.2, 0.25) is 0 Å². The Kier molecular flexibility index (Phi) is 5.87. The van der Waals surface area contributed by atoms with Crippen molar-refractivity contribution in [3.63, 3.8) is 0 Å². The zero-order valence-electron chi connectivity index (χ0n) is 12.7. The summed E-state index contributed by atoms with van der Waals surface area (Å²) < 4.78 is 0. The van der Waals surface area contributed by atoms with E-state index in [-0.39, 0.29) is 0 Å². The molecule has 0 saturated carbocycles. The third-order valence-electron chi connectivity index (χ3n) is 3.16. The van der Waals surface area contributed by atoms with E-state index in [1.165, 1.54) is 30.4 Å². The lowest BCUT2D eigenvalue weighted by molar-refractivity contribution is 0.314. The quantitative estimate of drug-likeness (QED) is 0.766. The van der Waals surface area contributed by atoms with Crippen LogP contribution in [-0.4, -0.2) is 6.54 Å². The zero-order chi connectivity index (χ0) is 13.6. The second-order valence-electron chi connectivity index (χ2n) is 6.37. The molecule has 0 amide bonds. The molecule has 1 N–H and O–H groups in total. The summed E-state index contributed by atoms with van der Waals surface area (Å²) in [6.07, 6.45) is 3.58. The van der Waals surface area contributed by atoms with Gasteiger partial charge < -0.3 is 5.32 Å². The van der Waals surface area contributed by atoms with Crippen LogP contribution in [0, 0.1) is 5.41 Å². The maximum atomic E-state index is 3.62. The molecule has 0 radical (unpaired) electrons. The Morgan fingerprint density at radius 1 is 1.17 bits per heavy atom. The molecule has 1 atom stereocenters. The van der Waals surface area contributed by atoms with Crippen LogP contribution in [0.15, 0.2) is 24.3 Å². The molecule has 1 rings (SSSR count). The lowest BCUT2D eigenvalue weighted by atomic mass is 9.85. The van der Waals surface area contributed by atoms with Crippen molar-refractivity contribution in [2.75, 3.05) is 6.54 Å². The Morgan fingerprint density at radius 2 is 1.89 bits per heavy atom. The highest BCUT2D eigenvalue weighted by atomic mass is 14.9. The van der Waals surface area contributed by atoms with Crippen molar-refractivity contribution in [3.05, 3.63) is 35.4 Å². The van der Waals surface area contributed by atoms with E-state index in [0.717, 1.165) is 6.54 Å². The van der Waals surface area contributed by atoms with E-state index in [9.17, 15) is 0 Å². The third kappa shape index (κ3) is 5.22. The van der Waals surface area contributed by atoms with E-state index >= 15 is 0 Å². The number of aryl methyl sites for hydroxylation is 1. The molecule has 0 bridgehead atoms. The van der Waals surface area contributed by atoms with Crippen molar-refractivity contribution in [1.29, 1.82) is 0 Å². The van der Waals surface area contributed by atoms with E-state index < -0.39 is 0 Å². The van der Waals surface area contributed by atoms with Gasteiger partial charge in [0.1, 0.15) is 0 Å². The Morgan fingerprint density at radius 3 is 2.44 bits per heavy atom. The summed E-state index contributed by atoms with van der Waals surface area (Å²) in [7, 11) is 0. The molecule has 0 aromatic heterocycles. The maximum absolute atomic E-state index is 3.62. The van der Waals surface area contributed by atoms with Gasteiger partial charge in [-0.25, -0.2) is 0 Å². The summed E-state index contributed by atoms with van der Waals surface area (Å²) in [5, 5.41) is 3.62. The summed E-state index contributed by atoms with van der Waals surface area (Å²) in [6.45, 7) is 12.4. The first-order chi connectivity index (χ1) is 8.46. The second-order valence-corrected chi connectivity index (χ2v) is 6.37. The molecule has 1 aromatic rings. The molecule has 0 aliphatic carbocycles. The smallest absolute Gasteiger partial charge is 0.0325 e. The minimum atomic E-state index is 0.355. The van der Waals surface area contributed by atoms with Crippen molar-refractivity contribution in [1.82, 2.24) is 5.32 Å². The predicted octanol–water partition coefficient (Wildman–Crippen LogP) is 4.73. The van der Waals surface area contributed by atoms with Gasteiger partial charge in [0.25, 0.3) is 0 Å². The molecule has 0 aliphatic heterocycles. The highest BCUT2D eigenvalue weighted by molar-refractivity contribution is 5.26. The molecule has 0 spiro atoms. The zero-order valence-corrected chi connectivity index (χ0v) is 12.7. The van der Waals surface area contributed by atoms with Gasteiger partial charge in [0.05, 0.1) is 0 Å². The van der Waals surface area contributed by atoms with E-state index in [2.05, 4.69) is 64.2 Å². The standard InChI is InChI=1S/C17H29N/c1-6-9-14-10-8-11-15(12-14)16(18-7-2)13-17(3,4)5/h8,10-12,16,18H,6-7,9,13H2,1-5H3. The fourth-order valence-electron chi connectivity index (χ4n) is 2.42. The van der Waals surface area contributed by atoms with Crippen LogP contribution in [0.1, 0.15) is 64.6 Å². The van der Waals surface area contributed by atoms with Crippen LogP contribution in [0.3, 0.4) is 0 Å². The Balaban J connectivity index is 2.87. The summed E-state index contributed by atoms with van der Waals surface area (Å²) >= 11 is 0. The highest BCUT2D eigenvalue weighted by Crippen LogP contribution is 2.29. The van der Waals surface area contributed by atoms with Gasteiger partial charge >= 0.3 is 0 Å². The molecule has 102 valence electrons. The van der Waals surface area contributed by atoms with Crippen LogP contribution in [0.5, 0.6) is 0 Å². The van der Waals surface area contributed by atoms with Crippen molar-refractivity contribution in [2.24, 2.45) is 5.41 Å². The van der Waals surface area contributed by atoms with Crippen molar-refractivity contribution < 1.29 is 0 Å². The molecular weight excluding hydrogens is 218 g/mol. The summed E-state index contributed by atoms with van der Waals surface area (Å²) in [5.74, 6) is 0. The molecule has 18 heavy (non-hydrogen) atoms. The minimum absolute atomic E-state index is 0.355. The molecule has 0 heterocycles. The Bertz CT molecular complexity index is 349. The molecule has 0 aliphatic rings. The van der Waals surface area contributed by atoms with E-state index in [0.29, 0.717) is 11.5 Å². The van der Waals surface area contributed by atoms with Gasteiger partial charge in [-0.3, -0.25) is 0 Å². The molecule has 1 nitrogen and oxygen atoms in total. The van der Waals surface area contributed by atoms with Gasteiger partial charge in [0.2, 0.25) is 0 Å². The van der Waals surface area contributed by atoms with Gasteiger partial charge in [-0.15, -0.1) is 0 Å². The number of benzene rings is 1. The topological polar surface area (TPSA) is 12.0 Å². The number of hydrogen-bond acceptors (Lipinski definition) is 1. The summed E-state index contributed by atoms with van der Waals surface area (Å²) in [4.78, 5) is 0. The van der Waals surface area contributed by atoms with Gasteiger partial charge in [-0.05, 0) is 35.9 Å². The van der Waals surface area contributed by atoms with Crippen LogP contribution < -0.4 is 5.32 Å². The molecule has 0 saturated heterocycles.